The van der Waals surface area contributed by atoms with E-state index in [0.717, 1.165) is 5.56 Å². The quantitative estimate of drug-likeness (QED) is 0.815. The van der Waals surface area contributed by atoms with Gasteiger partial charge in [-0.1, -0.05) is 18.2 Å². The Hall–Kier alpha value is -2.34. The zero-order chi connectivity index (χ0) is 14.3. The molecule has 2 aromatic rings. The van der Waals surface area contributed by atoms with Gasteiger partial charge in [-0.15, -0.1) is 4.40 Å². The molecule has 2 N–H and O–H groups in total. The van der Waals surface area contributed by atoms with E-state index in [1.165, 1.54) is 6.07 Å². The van der Waals surface area contributed by atoms with Gasteiger partial charge in [0.15, 0.2) is 5.75 Å². The number of fused-ring (bicyclic) bond motifs is 1. The number of benzene rings is 2. The fraction of sp³-hybridized carbons (Fsp3) is 0.0714. The molecule has 20 heavy (non-hydrogen) atoms. The topological polar surface area (TPSA) is 81.8 Å². The van der Waals surface area contributed by atoms with Crippen LogP contribution >= 0.6 is 0 Å². The minimum Gasteiger partial charge on any atom is -0.435 e. The summed E-state index contributed by atoms with van der Waals surface area (Å²) in [7, 11) is -3.68. The lowest BCUT2D eigenvalue weighted by Crippen LogP contribution is -2.09. The van der Waals surface area contributed by atoms with Crippen molar-refractivity contribution in [1.29, 1.82) is 0 Å². The van der Waals surface area contributed by atoms with Crippen molar-refractivity contribution in [2.75, 3.05) is 5.73 Å². The molecule has 2 aromatic carbocycles. The van der Waals surface area contributed by atoms with Crippen molar-refractivity contribution in [2.24, 2.45) is 4.40 Å². The van der Waals surface area contributed by atoms with Crippen LogP contribution in [-0.2, 0) is 10.0 Å². The number of nitrogens with zero attached hydrogens (tertiary/aromatic N) is 1. The summed E-state index contributed by atoms with van der Waals surface area (Å²) in [5, 5.41) is 0. The maximum absolute atomic E-state index is 11.9. The molecular formula is C14H12N2O3S. The molecule has 102 valence electrons. The number of aryl methyl sites for hydroxylation is 1. The summed E-state index contributed by atoms with van der Waals surface area (Å²) < 4.78 is 33.1. The van der Waals surface area contributed by atoms with Gasteiger partial charge in [-0.3, -0.25) is 0 Å². The Morgan fingerprint density at radius 3 is 2.70 bits per heavy atom. The van der Waals surface area contributed by atoms with E-state index >= 15 is 0 Å². The predicted octanol–water partition coefficient (Wildman–Crippen LogP) is 2.11. The van der Waals surface area contributed by atoms with Gasteiger partial charge in [0.25, 0.3) is 10.0 Å². The van der Waals surface area contributed by atoms with E-state index in [2.05, 4.69) is 4.40 Å². The highest BCUT2D eigenvalue weighted by Crippen LogP contribution is 2.30. The third-order valence-corrected chi connectivity index (χ3v) is 4.29. The first-order valence-electron chi connectivity index (χ1n) is 5.96. The molecule has 6 heteroatoms. The number of nitrogen functional groups attached to an aromatic ring is 1. The fourth-order valence-electron chi connectivity index (χ4n) is 1.98. The van der Waals surface area contributed by atoms with Crippen LogP contribution in [0.1, 0.15) is 11.1 Å². The molecule has 0 aliphatic carbocycles. The van der Waals surface area contributed by atoms with Crippen LogP contribution in [-0.4, -0.2) is 14.3 Å². The first-order chi connectivity index (χ1) is 9.47. The van der Waals surface area contributed by atoms with Gasteiger partial charge in [0.05, 0.1) is 11.3 Å². The maximum atomic E-state index is 11.9. The number of rotatable bonds is 1. The Labute approximate surface area is 116 Å². The summed E-state index contributed by atoms with van der Waals surface area (Å²) in [5.74, 6) is 0.452. The highest BCUT2D eigenvalue weighted by Gasteiger charge is 2.30. The van der Waals surface area contributed by atoms with Gasteiger partial charge in [0.2, 0.25) is 5.90 Å². The van der Waals surface area contributed by atoms with Crippen molar-refractivity contribution >= 4 is 21.6 Å². The smallest absolute Gasteiger partial charge is 0.286 e. The third-order valence-electron chi connectivity index (χ3n) is 2.97. The Kier molecular flexibility index (Phi) is 2.76. The van der Waals surface area contributed by atoms with E-state index in [1.54, 1.807) is 30.3 Å². The van der Waals surface area contributed by atoms with Crippen LogP contribution in [0.2, 0.25) is 0 Å². The molecule has 0 radical (unpaired) electrons. The average Bonchev–Trinajstić information content (AvgIpc) is 2.66. The van der Waals surface area contributed by atoms with E-state index in [4.69, 9.17) is 10.5 Å². The third kappa shape index (κ3) is 2.04. The molecule has 0 bridgehead atoms. The normalized spacial score (nSPS) is 15.6. The standard InChI is InChI=1S/C14H12N2O3S/c1-9-6-7-11(15)12(8-9)19-14-10-4-2-3-5-13(10)20(17,18)16-14/h2-8H,15H2,1H3. The second-order valence-corrected chi connectivity index (χ2v) is 6.08. The number of sulfonamides is 1. The van der Waals surface area contributed by atoms with Crippen molar-refractivity contribution < 1.29 is 13.2 Å². The van der Waals surface area contributed by atoms with Crippen molar-refractivity contribution in [3.05, 3.63) is 53.6 Å². The molecule has 0 fully saturated rings. The molecule has 0 saturated heterocycles. The highest BCUT2D eigenvalue weighted by molar-refractivity contribution is 7.90. The second kappa shape index (κ2) is 4.35. The molecule has 0 atom stereocenters. The van der Waals surface area contributed by atoms with Gasteiger partial charge < -0.3 is 10.5 Å². The molecule has 0 saturated carbocycles. The van der Waals surface area contributed by atoms with Gasteiger partial charge in [-0.05, 0) is 36.8 Å². The van der Waals surface area contributed by atoms with E-state index < -0.39 is 10.0 Å². The fourth-order valence-corrected chi connectivity index (χ4v) is 3.12. The van der Waals surface area contributed by atoms with E-state index in [1.807, 2.05) is 13.0 Å². The zero-order valence-electron chi connectivity index (χ0n) is 10.7. The Morgan fingerprint density at radius 1 is 1.15 bits per heavy atom. The molecule has 0 amide bonds. The van der Waals surface area contributed by atoms with Crippen molar-refractivity contribution in [2.45, 2.75) is 11.8 Å². The van der Waals surface area contributed by atoms with Crippen LogP contribution in [0.3, 0.4) is 0 Å². The number of anilines is 1. The summed E-state index contributed by atoms with van der Waals surface area (Å²) in [6, 6.07) is 11.8. The van der Waals surface area contributed by atoms with Gasteiger partial charge in [-0.2, -0.15) is 8.42 Å². The zero-order valence-corrected chi connectivity index (χ0v) is 11.5. The van der Waals surface area contributed by atoms with E-state index in [-0.39, 0.29) is 10.8 Å². The molecule has 3 rings (SSSR count). The van der Waals surface area contributed by atoms with Gasteiger partial charge >= 0.3 is 0 Å². The second-order valence-electron chi connectivity index (χ2n) is 4.51. The molecule has 0 spiro atoms. The lowest BCUT2D eigenvalue weighted by Gasteiger charge is -2.08. The first-order valence-corrected chi connectivity index (χ1v) is 7.40. The lowest BCUT2D eigenvalue weighted by molar-refractivity contribution is 0.556. The highest BCUT2D eigenvalue weighted by atomic mass is 32.2. The van der Waals surface area contributed by atoms with Crippen LogP contribution in [0, 0.1) is 6.92 Å². The summed E-state index contributed by atoms with van der Waals surface area (Å²) in [6.07, 6.45) is 0. The van der Waals surface area contributed by atoms with Crippen LogP contribution in [0.25, 0.3) is 0 Å². The molecule has 1 heterocycles. The predicted molar refractivity (Wildman–Crippen MR) is 76.4 cm³/mol. The minimum absolute atomic E-state index is 0.0536. The SMILES string of the molecule is Cc1ccc(N)c(OC2=NS(=O)(=O)c3ccccc32)c1. The maximum Gasteiger partial charge on any atom is 0.286 e. The molecule has 0 aromatic heterocycles. The van der Waals surface area contributed by atoms with Crippen LogP contribution in [0.15, 0.2) is 51.8 Å². The van der Waals surface area contributed by atoms with Crippen LogP contribution in [0.5, 0.6) is 5.75 Å². The summed E-state index contributed by atoms with van der Waals surface area (Å²) in [4.78, 5) is 0.154. The van der Waals surface area contributed by atoms with Crippen LogP contribution in [0.4, 0.5) is 5.69 Å². The average molecular weight is 288 g/mol. The number of hydrogen-bond donors (Lipinski definition) is 1. The van der Waals surface area contributed by atoms with E-state index in [9.17, 15) is 8.42 Å². The lowest BCUT2D eigenvalue weighted by atomic mass is 10.2. The summed E-state index contributed by atoms with van der Waals surface area (Å²) >= 11 is 0. The molecule has 1 aliphatic heterocycles. The Morgan fingerprint density at radius 2 is 1.90 bits per heavy atom. The number of hydrogen-bond acceptors (Lipinski definition) is 4. The summed E-state index contributed by atoms with van der Waals surface area (Å²) in [5.41, 5.74) is 7.67. The Bertz CT molecular complexity index is 826. The largest absolute Gasteiger partial charge is 0.435 e. The summed E-state index contributed by atoms with van der Waals surface area (Å²) in [6.45, 7) is 1.90. The minimum atomic E-state index is -3.68. The first kappa shape index (κ1) is 12.7. The van der Waals surface area contributed by atoms with E-state index in [0.29, 0.717) is 17.0 Å². The number of ether oxygens (including phenoxy) is 1. The molecule has 5 nitrogen and oxygen atoms in total. The Balaban J connectivity index is 2.07. The van der Waals surface area contributed by atoms with Gasteiger partial charge in [-0.25, -0.2) is 0 Å². The van der Waals surface area contributed by atoms with Crippen molar-refractivity contribution in [3.8, 4) is 5.75 Å². The molecule has 0 unspecified atom stereocenters. The van der Waals surface area contributed by atoms with Gasteiger partial charge in [0, 0.05) is 0 Å². The molecule has 1 aliphatic rings. The molecular weight excluding hydrogens is 276 g/mol. The monoisotopic (exact) mass is 288 g/mol. The van der Waals surface area contributed by atoms with Crippen molar-refractivity contribution in [1.82, 2.24) is 0 Å². The van der Waals surface area contributed by atoms with Crippen LogP contribution < -0.4 is 10.5 Å². The van der Waals surface area contributed by atoms with Gasteiger partial charge in [0.1, 0.15) is 4.90 Å². The van der Waals surface area contributed by atoms with Crippen molar-refractivity contribution in [3.63, 3.8) is 0 Å². The number of nitrogens with two attached hydrogens (primary N) is 1.